The summed E-state index contributed by atoms with van der Waals surface area (Å²) in [4.78, 5) is 36.7. The zero-order valence-corrected chi connectivity index (χ0v) is 21.0. The summed E-state index contributed by atoms with van der Waals surface area (Å²) in [6.07, 6.45) is -0.492. The van der Waals surface area contributed by atoms with Gasteiger partial charge in [0.25, 0.3) is 0 Å². The second-order valence-corrected chi connectivity index (χ2v) is 9.35. The number of benzene rings is 1. The van der Waals surface area contributed by atoms with E-state index in [1.54, 1.807) is 27.7 Å². The van der Waals surface area contributed by atoms with Crippen molar-refractivity contribution in [3.8, 4) is 16.2 Å². The maximum absolute atomic E-state index is 12.2. The number of halogens is 1. The monoisotopic (exact) mass is 527 g/mol. The third-order valence-electron chi connectivity index (χ3n) is 3.87. The number of nitrogens with one attached hydrogen (secondary N) is 1. The number of hydrogen-bond acceptors (Lipinski definition) is 8. The standard InChI is InChI=1S/C22H26BrNO7S/c1-6-29-15(25)12-30-17-16(23)18(32-19(17)20(26)28-5)14-9-7-13(8-10-14)11-24-21(27)31-22(2,3)4/h7-10H,6,11-12H2,1-5H3,(H,24,27). The minimum absolute atomic E-state index is 0.223. The molecule has 0 spiro atoms. The highest BCUT2D eigenvalue weighted by Crippen LogP contribution is 2.46. The van der Waals surface area contributed by atoms with Gasteiger partial charge in [0.2, 0.25) is 0 Å². The summed E-state index contributed by atoms with van der Waals surface area (Å²) in [5.74, 6) is -0.885. The lowest BCUT2D eigenvalue weighted by Crippen LogP contribution is -2.32. The average Bonchev–Trinajstić information content (AvgIpc) is 3.06. The molecule has 174 valence electrons. The number of ether oxygens (including phenoxy) is 4. The largest absolute Gasteiger partial charge is 0.479 e. The van der Waals surface area contributed by atoms with Gasteiger partial charge in [-0.1, -0.05) is 24.3 Å². The first-order valence-corrected chi connectivity index (χ1v) is 11.4. The van der Waals surface area contributed by atoms with Crippen LogP contribution in [0.15, 0.2) is 28.7 Å². The number of carbonyl (C=O) groups is 3. The minimum atomic E-state index is -0.570. The van der Waals surface area contributed by atoms with Gasteiger partial charge in [0.15, 0.2) is 17.2 Å². The lowest BCUT2D eigenvalue weighted by Gasteiger charge is -2.19. The Morgan fingerprint density at radius 3 is 2.34 bits per heavy atom. The van der Waals surface area contributed by atoms with Crippen molar-refractivity contribution in [3.05, 3.63) is 39.2 Å². The number of amides is 1. The molecule has 1 amide bonds. The van der Waals surface area contributed by atoms with Crippen LogP contribution in [0.1, 0.15) is 42.9 Å². The molecule has 0 atom stereocenters. The molecule has 0 saturated heterocycles. The van der Waals surface area contributed by atoms with Crippen LogP contribution in [0.5, 0.6) is 5.75 Å². The van der Waals surface area contributed by atoms with Gasteiger partial charge in [-0.3, -0.25) is 0 Å². The van der Waals surface area contributed by atoms with Crippen molar-refractivity contribution in [3.63, 3.8) is 0 Å². The third kappa shape index (κ3) is 7.23. The summed E-state index contributed by atoms with van der Waals surface area (Å²) in [5.41, 5.74) is 1.13. The molecule has 10 heteroatoms. The smallest absolute Gasteiger partial charge is 0.407 e. The molecular formula is C22H26BrNO7S. The van der Waals surface area contributed by atoms with E-state index in [1.807, 2.05) is 24.3 Å². The predicted octanol–water partition coefficient (Wildman–Crippen LogP) is 4.93. The van der Waals surface area contributed by atoms with Crippen LogP contribution in [-0.4, -0.2) is 44.0 Å². The van der Waals surface area contributed by atoms with Crippen LogP contribution in [-0.2, 0) is 25.5 Å². The number of esters is 2. The van der Waals surface area contributed by atoms with E-state index < -0.39 is 23.6 Å². The van der Waals surface area contributed by atoms with Crippen molar-refractivity contribution in [2.45, 2.75) is 39.8 Å². The molecule has 2 rings (SSSR count). The molecule has 1 N–H and O–H groups in total. The first kappa shape index (κ1) is 25.7. The highest BCUT2D eigenvalue weighted by molar-refractivity contribution is 9.10. The van der Waals surface area contributed by atoms with Crippen molar-refractivity contribution in [1.29, 1.82) is 0 Å². The van der Waals surface area contributed by atoms with Crippen LogP contribution in [0.25, 0.3) is 10.4 Å². The summed E-state index contributed by atoms with van der Waals surface area (Å²) in [7, 11) is 1.28. The van der Waals surface area contributed by atoms with Crippen molar-refractivity contribution in [2.75, 3.05) is 20.3 Å². The van der Waals surface area contributed by atoms with E-state index in [1.165, 1.54) is 18.4 Å². The Morgan fingerprint density at radius 1 is 1.12 bits per heavy atom. The van der Waals surface area contributed by atoms with Crippen molar-refractivity contribution < 1.29 is 33.3 Å². The molecule has 2 aromatic rings. The zero-order chi connectivity index (χ0) is 23.9. The summed E-state index contributed by atoms with van der Waals surface area (Å²) < 4.78 is 21.0. The van der Waals surface area contributed by atoms with Gasteiger partial charge in [0.1, 0.15) is 5.60 Å². The molecule has 1 heterocycles. The first-order chi connectivity index (χ1) is 15.1. The number of alkyl carbamates (subject to hydrolysis) is 1. The summed E-state index contributed by atoms with van der Waals surface area (Å²) in [5, 5.41) is 2.71. The summed E-state index contributed by atoms with van der Waals surface area (Å²) >= 11 is 4.65. The number of hydrogen-bond donors (Lipinski definition) is 1. The van der Waals surface area contributed by atoms with E-state index >= 15 is 0 Å². The van der Waals surface area contributed by atoms with E-state index in [0.29, 0.717) is 11.0 Å². The topological polar surface area (TPSA) is 100 Å². The molecule has 8 nitrogen and oxygen atoms in total. The lowest BCUT2D eigenvalue weighted by atomic mass is 10.1. The SMILES string of the molecule is CCOC(=O)COc1c(C(=O)OC)sc(-c2ccc(CNC(=O)OC(C)(C)C)cc2)c1Br. The van der Waals surface area contributed by atoms with E-state index in [4.69, 9.17) is 18.9 Å². The van der Waals surface area contributed by atoms with Crippen molar-refractivity contribution in [1.82, 2.24) is 5.32 Å². The quantitative estimate of drug-likeness (QED) is 0.383. The fourth-order valence-electron chi connectivity index (χ4n) is 2.53. The molecule has 0 fully saturated rings. The molecule has 0 unspecified atom stereocenters. The predicted molar refractivity (Wildman–Crippen MR) is 124 cm³/mol. The maximum atomic E-state index is 12.2. The minimum Gasteiger partial charge on any atom is -0.479 e. The molecule has 0 aliphatic carbocycles. The second kappa shape index (κ2) is 11.3. The second-order valence-electron chi connectivity index (χ2n) is 7.54. The Hall–Kier alpha value is -2.59. The molecular weight excluding hydrogens is 502 g/mol. The average molecular weight is 528 g/mol. The fraction of sp³-hybridized carbons (Fsp3) is 0.409. The van der Waals surface area contributed by atoms with Crippen LogP contribution >= 0.6 is 27.3 Å². The van der Waals surface area contributed by atoms with E-state index in [9.17, 15) is 14.4 Å². The molecule has 1 aromatic heterocycles. The molecule has 0 aliphatic rings. The van der Waals surface area contributed by atoms with Gasteiger partial charge in [0, 0.05) is 6.54 Å². The van der Waals surface area contributed by atoms with Crippen molar-refractivity contribution >= 4 is 45.3 Å². The van der Waals surface area contributed by atoms with Gasteiger partial charge < -0.3 is 24.3 Å². The Balaban J connectivity index is 2.19. The lowest BCUT2D eigenvalue weighted by molar-refractivity contribution is -0.145. The van der Waals surface area contributed by atoms with Gasteiger partial charge in [0.05, 0.1) is 23.1 Å². The molecule has 0 bridgehead atoms. The molecule has 0 aliphatic heterocycles. The maximum Gasteiger partial charge on any atom is 0.407 e. The molecule has 0 radical (unpaired) electrons. The van der Waals surface area contributed by atoms with Crippen LogP contribution in [0.3, 0.4) is 0 Å². The van der Waals surface area contributed by atoms with Gasteiger partial charge in [-0.2, -0.15) is 0 Å². The number of carbonyl (C=O) groups excluding carboxylic acids is 3. The Bertz CT molecular complexity index is 964. The fourth-order valence-corrected chi connectivity index (χ4v) is 4.51. The summed E-state index contributed by atoms with van der Waals surface area (Å²) in [6, 6.07) is 7.43. The summed E-state index contributed by atoms with van der Waals surface area (Å²) in [6.45, 7) is 7.30. The van der Waals surface area contributed by atoms with E-state index in [2.05, 4.69) is 21.2 Å². The number of thiophene rings is 1. The van der Waals surface area contributed by atoms with Gasteiger partial charge >= 0.3 is 18.0 Å². The van der Waals surface area contributed by atoms with Crippen LogP contribution in [0.4, 0.5) is 4.79 Å². The van der Waals surface area contributed by atoms with Crippen LogP contribution in [0.2, 0.25) is 0 Å². The van der Waals surface area contributed by atoms with Crippen LogP contribution in [0, 0.1) is 0 Å². The molecule has 0 saturated carbocycles. The number of methoxy groups -OCH3 is 1. The third-order valence-corrected chi connectivity index (χ3v) is 6.09. The van der Waals surface area contributed by atoms with Gasteiger partial charge in [-0.05, 0) is 54.8 Å². The van der Waals surface area contributed by atoms with Gasteiger partial charge in [-0.25, -0.2) is 14.4 Å². The Labute approximate surface area is 199 Å². The number of rotatable bonds is 8. The van der Waals surface area contributed by atoms with Crippen molar-refractivity contribution in [2.24, 2.45) is 0 Å². The zero-order valence-electron chi connectivity index (χ0n) is 18.6. The van der Waals surface area contributed by atoms with E-state index in [-0.39, 0.29) is 23.8 Å². The van der Waals surface area contributed by atoms with E-state index in [0.717, 1.165) is 16.0 Å². The van der Waals surface area contributed by atoms with Gasteiger partial charge in [-0.15, -0.1) is 11.3 Å². The Kier molecular flexibility index (Phi) is 9.09. The molecule has 32 heavy (non-hydrogen) atoms. The normalized spacial score (nSPS) is 10.9. The Morgan fingerprint density at radius 2 is 1.78 bits per heavy atom. The van der Waals surface area contributed by atoms with Crippen LogP contribution < -0.4 is 10.1 Å². The first-order valence-electron chi connectivity index (χ1n) is 9.80. The highest BCUT2D eigenvalue weighted by atomic mass is 79.9. The highest BCUT2D eigenvalue weighted by Gasteiger charge is 2.25. The molecule has 1 aromatic carbocycles.